The molecule has 0 aliphatic heterocycles. The maximum atomic E-state index is 13.4. The summed E-state index contributed by atoms with van der Waals surface area (Å²) >= 11 is 0. The summed E-state index contributed by atoms with van der Waals surface area (Å²) < 4.78 is 88.1. The average molecular weight is 898 g/mol. The minimum atomic E-state index is -4.42. The van der Waals surface area contributed by atoms with Crippen molar-refractivity contribution in [2.24, 2.45) is 0 Å². The quantitative estimate of drug-likeness (QED) is 0.0426. The highest BCUT2D eigenvalue weighted by molar-refractivity contribution is 6.91. The van der Waals surface area contributed by atoms with E-state index in [2.05, 4.69) is 13.2 Å². The van der Waals surface area contributed by atoms with Crippen molar-refractivity contribution in [2.45, 2.75) is 172 Å². The average Bonchev–Trinajstić information content (AvgIpc) is 2.84. The third kappa shape index (κ3) is 39.7. The molecule has 0 aromatic heterocycles. The molecule has 0 N–H and O–H groups in total. The van der Waals surface area contributed by atoms with Crippen molar-refractivity contribution in [3.05, 3.63) is 24.3 Å². The van der Waals surface area contributed by atoms with Crippen LogP contribution in [0.5, 0.6) is 0 Å². The highest BCUT2D eigenvalue weighted by atomic mass is 28.5. The summed E-state index contributed by atoms with van der Waals surface area (Å²) in [4.78, 5) is 24.1. The Morgan fingerprint density at radius 3 is 1.22 bits per heavy atom. The second-order valence-corrected chi connectivity index (χ2v) is 32.3. The second-order valence-electron chi connectivity index (χ2n) is 13.1. The molecule has 0 spiro atoms. The molecule has 10 nitrogen and oxygen atoms in total. The number of hydrogen-bond donors (Lipinski definition) is 0. The summed E-state index contributed by atoms with van der Waals surface area (Å²) in [6.45, 7) is 25.9. The lowest BCUT2D eigenvalue weighted by atomic mass is 10.4. The summed E-state index contributed by atoms with van der Waals surface area (Å²) in [7, 11) is -13.8. The Morgan fingerprint density at radius 1 is 0.564 bits per heavy atom. The zero-order valence-corrected chi connectivity index (χ0v) is 34.0. The number of esters is 2. The highest BCUT2D eigenvalue weighted by Gasteiger charge is 2.50. The van der Waals surface area contributed by atoms with Crippen LogP contribution >= 0.6 is 0 Å². The molecule has 2 unspecified atom stereocenters. The molecule has 0 saturated carbocycles. The minimum absolute atomic E-state index is 0. The van der Waals surface area contributed by atoms with Crippen LogP contribution in [0.1, 0.15) is 101 Å². The Bertz CT molecular complexity index is 1000. The van der Waals surface area contributed by atoms with Gasteiger partial charge in [0.25, 0.3) is 0 Å². The molecule has 0 saturated heterocycles. The molecule has 0 aliphatic carbocycles. The fraction of sp³-hybridized carbons (Fsp3) is 0.838. The normalized spacial score (nSPS) is 12.8. The lowest BCUT2D eigenvalue weighted by molar-refractivity contribution is -0.138. The van der Waals surface area contributed by atoms with E-state index >= 15 is 0 Å². The van der Waals surface area contributed by atoms with Crippen LogP contribution in [0.4, 0.5) is 13.2 Å². The number of rotatable bonds is 23. The summed E-state index contributed by atoms with van der Waals surface area (Å²) in [5.74, 6) is -1.11. The number of alkyl halides is 3. The molecule has 2 atom stereocenters. The zero-order chi connectivity index (χ0) is 35.3. The van der Waals surface area contributed by atoms with E-state index in [4.69, 9.17) is 35.4 Å². The van der Waals surface area contributed by atoms with Crippen LogP contribution in [0.3, 0.4) is 0 Å². The molecule has 0 rings (SSSR count). The number of ether oxygens (including phenoxy) is 4. The van der Waals surface area contributed by atoms with E-state index in [9.17, 15) is 22.8 Å². The van der Waals surface area contributed by atoms with E-state index in [0.717, 1.165) is 0 Å². The third-order valence-corrected chi connectivity index (χ3v) is 25.3. The summed E-state index contributed by atoms with van der Waals surface area (Å²) in [6.07, 6.45) is -4.91. The minimum Gasteiger partial charge on any atom is -0.463 e. The van der Waals surface area contributed by atoms with Gasteiger partial charge in [-0.05, 0) is 84.7 Å². The standard InChI is InChI=1S/C27H55F3O10Si5.10CH4/c1-23(2)25(31)35-21-41(6,7)37-44(12,19-14-16-34-18-17-33-5)39-43(10,11)40-45(13,20-15-27(28,29)30)38-42(8,9)22-36-26(32)24(3)4;;;;;;;;;;/h1,3,14-22H2,2,4-13H3;10*1H4. The van der Waals surface area contributed by atoms with Crippen molar-refractivity contribution >= 4 is 54.3 Å². The predicted molar refractivity (Wildman–Crippen MR) is 246 cm³/mol. The van der Waals surface area contributed by atoms with Crippen molar-refractivity contribution in [1.82, 2.24) is 0 Å². The van der Waals surface area contributed by atoms with Crippen LogP contribution in [0, 0.1) is 0 Å². The Hall–Kier alpha value is -0.946. The van der Waals surface area contributed by atoms with Gasteiger partial charge in [-0.1, -0.05) is 87.4 Å². The lowest BCUT2D eigenvalue weighted by Crippen LogP contribution is -2.61. The van der Waals surface area contributed by atoms with Crippen molar-refractivity contribution in [1.29, 1.82) is 0 Å². The number of carbonyl (C=O) groups is 2. The summed E-state index contributed by atoms with van der Waals surface area (Å²) in [5, 5.41) is 0. The molecule has 344 valence electrons. The molecule has 0 aliphatic rings. The maximum absolute atomic E-state index is 13.4. The van der Waals surface area contributed by atoms with Gasteiger partial charge in [-0.25, -0.2) is 9.59 Å². The van der Waals surface area contributed by atoms with Gasteiger partial charge >= 0.3 is 43.8 Å². The smallest absolute Gasteiger partial charge is 0.389 e. The van der Waals surface area contributed by atoms with Gasteiger partial charge in [-0.15, -0.1) is 0 Å². The van der Waals surface area contributed by atoms with E-state index in [1.165, 1.54) is 6.92 Å². The Morgan fingerprint density at radius 2 is 0.909 bits per heavy atom. The van der Waals surface area contributed by atoms with Crippen LogP contribution in [0.2, 0.25) is 64.5 Å². The first-order chi connectivity index (χ1) is 20.3. The Labute approximate surface area is 346 Å². The monoisotopic (exact) mass is 897 g/mol. The molecule has 0 aromatic rings. The summed E-state index contributed by atoms with van der Waals surface area (Å²) in [6, 6.07) is 0.147. The molecular formula is C37H95F3O10Si5. The van der Waals surface area contributed by atoms with E-state index < -0.39 is 66.9 Å². The van der Waals surface area contributed by atoms with E-state index in [-0.39, 0.29) is 104 Å². The fourth-order valence-corrected chi connectivity index (χ4v) is 28.2. The number of hydrogen-bond acceptors (Lipinski definition) is 10. The van der Waals surface area contributed by atoms with Crippen molar-refractivity contribution in [2.75, 3.05) is 39.4 Å². The van der Waals surface area contributed by atoms with Crippen LogP contribution in [-0.4, -0.2) is 99.8 Å². The first-order valence-corrected chi connectivity index (χ1v) is 28.9. The van der Waals surface area contributed by atoms with E-state index in [1.54, 1.807) is 46.8 Å². The molecule has 18 heteroatoms. The first-order valence-electron chi connectivity index (χ1n) is 14.8. The van der Waals surface area contributed by atoms with Crippen molar-refractivity contribution in [3.8, 4) is 0 Å². The molecular weight excluding hydrogens is 802 g/mol. The second kappa shape index (κ2) is 35.0. The predicted octanol–water partition coefficient (Wildman–Crippen LogP) is 13.0. The van der Waals surface area contributed by atoms with Crippen LogP contribution in [-0.2, 0) is 45.0 Å². The van der Waals surface area contributed by atoms with Crippen LogP contribution in [0.25, 0.3) is 0 Å². The zero-order valence-electron chi connectivity index (χ0n) is 29.0. The van der Waals surface area contributed by atoms with Crippen molar-refractivity contribution < 1.29 is 58.2 Å². The topological polar surface area (TPSA) is 108 Å². The van der Waals surface area contributed by atoms with Gasteiger partial charge < -0.3 is 35.4 Å². The summed E-state index contributed by atoms with van der Waals surface area (Å²) in [5.41, 5.74) is 0.486. The lowest BCUT2D eigenvalue weighted by Gasteiger charge is -2.44. The SMILES string of the molecule is C.C.C.C.C.C.C.C.C.C.C=C(C)C(=O)OC[Si](C)(C)O[Si](C)(CCCOCCOC)O[Si](C)(C)O[Si](C)(CCC(F)(F)F)O[Si](C)(C)COC(=O)C(=C)C. The van der Waals surface area contributed by atoms with Gasteiger partial charge in [0.2, 0.25) is 16.6 Å². The molecule has 0 heterocycles. The molecule has 0 aromatic carbocycles. The third-order valence-electron chi connectivity index (χ3n) is 5.92. The van der Waals surface area contributed by atoms with Gasteiger partial charge in [0, 0.05) is 31.3 Å². The van der Waals surface area contributed by atoms with Gasteiger partial charge in [0.15, 0.2) is 0 Å². The van der Waals surface area contributed by atoms with Gasteiger partial charge in [0.1, 0.15) is 12.5 Å². The van der Waals surface area contributed by atoms with Crippen molar-refractivity contribution in [3.63, 3.8) is 0 Å². The maximum Gasteiger partial charge on any atom is 0.389 e. The fourth-order valence-electron chi connectivity index (χ4n) is 4.37. The van der Waals surface area contributed by atoms with E-state index in [0.29, 0.717) is 32.3 Å². The highest BCUT2D eigenvalue weighted by Crippen LogP contribution is 2.34. The molecule has 0 bridgehead atoms. The Kier molecular flexibility index (Phi) is 52.3. The van der Waals surface area contributed by atoms with Crippen LogP contribution < -0.4 is 0 Å². The van der Waals surface area contributed by atoms with Gasteiger partial charge in [-0.3, -0.25) is 0 Å². The molecule has 0 fully saturated rings. The number of halogens is 3. The number of methoxy groups -OCH3 is 1. The molecule has 0 amide bonds. The Balaban J connectivity index is -0.000000215. The largest absolute Gasteiger partial charge is 0.463 e. The molecule has 55 heavy (non-hydrogen) atoms. The first kappa shape index (κ1) is 82.1. The number of carbonyl (C=O) groups excluding carboxylic acids is 2. The van der Waals surface area contributed by atoms with Gasteiger partial charge in [0.05, 0.1) is 13.2 Å². The molecule has 0 radical (unpaired) electrons. The van der Waals surface area contributed by atoms with E-state index in [1.807, 2.05) is 19.6 Å². The van der Waals surface area contributed by atoms with Gasteiger partial charge in [-0.2, -0.15) is 13.2 Å². The van der Waals surface area contributed by atoms with Crippen LogP contribution in [0.15, 0.2) is 24.3 Å².